The Bertz CT molecular complexity index is 4550. The van der Waals surface area contributed by atoms with Crippen molar-refractivity contribution in [2.45, 2.75) is 98.7 Å². The van der Waals surface area contributed by atoms with Gasteiger partial charge in [-0.05, 0) is 123 Å². The molecule has 12 bridgehead atoms. The van der Waals surface area contributed by atoms with Crippen LogP contribution < -0.4 is 19.3 Å². The van der Waals surface area contributed by atoms with Gasteiger partial charge in [-0.3, -0.25) is 0 Å². The summed E-state index contributed by atoms with van der Waals surface area (Å²) < 4.78 is 120. The smallest absolute Gasteiger partial charge is 0.135 e. The van der Waals surface area contributed by atoms with Crippen molar-refractivity contribution >= 4 is 44.6 Å². The summed E-state index contributed by atoms with van der Waals surface area (Å²) in [5.74, 6) is 0.837. The van der Waals surface area contributed by atoms with Gasteiger partial charge >= 0.3 is 0 Å². The van der Waals surface area contributed by atoms with Gasteiger partial charge in [-0.25, -0.2) is 4.98 Å². The van der Waals surface area contributed by atoms with E-state index in [2.05, 4.69) is 39.8 Å². The van der Waals surface area contributed by atoms with Gasteiger partial charge in [-0.2, -0.15) is 12.1 Å². The molecule has 394 valence electrons. The van der Waals surface area contributed by atoms with Crippen LogP contribution in [0.1, 0.15) is 112 Å². The van der Waals surface area contributed by atoms with Gasteiger partial charge in [-0.1, -0.05) is 171 Å². The van der Waals surface area contributed by atoms with Crippen LogP contribution in [0, 0.1) is 30.1 Å². The van der Waals surface area contributed by atoms with E-state index in [1.165, 1.54) is 0 Å². The number of hydrogen-bond donors (Lipinski definition) is 0. The summed E-state index contributed by atoms with van der Waals surface area (Å²) in [6, 6.07) is 42.9. The van der Waals surface area contributed by atoms with Gasteiger partial charge in [0.2, 0.25) is 0 Å². The molecule has 1 aliphatic carbocycles. The predicted octanol–water partition coefficient (Wildman–Crippen LogP) is 19.2. The maximum absolute atomic E-state index is 10.2. The number of fused-ring (bicyclic) bond motifs is 7. The van der Waals surface area contributed by atoms with Crippen LogP contribution >= 0.6 is 0 Å². The molecule has 0 spiro atoms. The number of ether oxygens (including phenoxy) is 2. The molecule has 2 aromatic heterocycles. The first-order chi connectivity index (χ1) is 41.5. The van der Waals surface area contributed by atoms with Crippen molar-refractivity contribution in [2.75, 3.05) is 9.80 Å². The van der Waals surface area contributed by atoms with Crippen LogP contribution in [-0.2, 0) is 44.6 Å². The van der Waals surface area contributed by atoms with Crippen LogP contribution in [0.3, 0.4) is 0 Å². The number of nitrogens with zero attached hydrogens (tertiary/aromatic N) is 4. The molecule has 10 aromatic rings. The molecule has 16 rings (SSSR count). The maximum atomic E-state index is 10.2. The van der Waals surface area contributed by atoms with Crippen LogP contribution in [-0.4, -0.2) is 9.55 Å². The molecule has 0 saturated carbocycles. The summed E-state index contributed by atoms with van der Waals surface area (Å²) in [6.45, 7) is 19.4. The molecular formula is C71H65N4O2Pt-3. The summed E-state index contributed by atoms with van der Waals surface area (Å²) in [7, 11) is 0. The minimum absolute atomic E-state index is 0. The summed E-state index contributed by atoms with van der Waals surface area (Å²) in [6.07, 6.45) is -0.750. The minimum Gasteiger partial charge on any atom is -0.509 e. The van der Waals surface area contributed by atoms with Crippen molar-refractivity contribution in [2.24, 2.45) is 11.3 Å². The van der Waals surface area contributed by atoms with Gasteiger partial charge < -0.3 is 23.8 Å². The van der Waals surface area contributed by atoms with Crippen LogP contribution in [0.25, 0.3) is 61.0 Å². The molecule has 0 N–H and O–H groups in total. The Morgan fingerprint density at radius 1 is 0.679 bits per heavy atom. The Kier molecular flexibility index (Phi) is 9.97. The third-order valence-corrected chi connectivity index (χ3v) is 15.0. The molecule has 7 heteroatoms. The normalized spacial score (nSPS) is 17.4. The molecule has 6 aliphatic rings. The number of hydrogen-bond acceptors (Lipinski definition) is 5. The topological polar surface area (TPSA) is 42.8 Å². The van der Waals surface area contributed by atoms with E-state index in [4.69, 9.17) is 17.2 Å². The first-order valence-corrected chi connectivity index (χ1v) is 26.4. The fraction of sp³-hybridized carbons (Fsp3) is 0.239. The Morgan fingerprint density at radius 2 is 1.35 bits per heavy atom. The molecule has 0 atom stereocenters. The Hall–Kier alpha value is -7.40. The van der Waals surface area contributed by atoms with E-state index in [0.29, 0.717) is 50.5 Å². The Labute approximate surface area is 490 Å². The monoisotopic (exact) mass is 1210 g/mol. The average Bonchev–Trinajstić information content (AvgIpc) is 1.72. The van der Waals surface area contributed by atoms with Crippen molar-refractivity contribution in [1.29, 1.82) is 0 Å². The van der Waals surface area contributed by atoms with Gasteiger partial charge in [0.15, 0.2) is 0 Å². The van der Waals surface area contributed by atoms with Gasteiger partial charge in [0.1, 0.15) is 17.3 Å². The molecule has 0 radical (unpaired) electrons. The van der Waals surface area contributed by atoms with E-state index in [0.717, 1.165) is 46.5 Å². The molecule has 78 heavy (non-hydrogen) atoms. The largest absolute Gasteiger partial charge is 0.509 e. The van der Waals surface area contributed by atoms with Gasteiger partial charge in [0.25, 0.3) is 0 Å². The van der Waals surface area contributed by atoms with Crippen LogP contribution in [0.4, 0.5) is 22.7 Å². The van der Waals surface area contributed by atoms with Crippen molar-refractivity contribution in [3.8, 4) is 62.2 Å². The van der Waals surface area contributed by atoms with Gasteiger partial charge in [0.05, 0.1) is 9.60 Å². The second-order valence-electron chi connectivity index (χ2n) is 23.1. The third-order valence-electron chi connectivity index (χ3n) is 15.0. The molecule has 0 unspecified atom stereocenters. The van der Waals surface area contributed by atoms with E-state index in [1.54, 1.807) is 54.9 Å². The first kappa shape index (κ1) is 39.9. The van der Waals surface area contributed by atoms with E-state index >= 15 is 0 Å². The van der Waals surface area contributed by atoms with Crippen LogP contribution in [0.2, 0.25) is 0 Å². The van der Waals surface area contributed by atoms with Crippen LogP contribution in [0.5, 0.6) is 23.0 Å². The maximum Gasteiger partial charge on any atom is 0.135 e. The van der Waals surface area contributed by atoms with Crippen molar-refractivity contribution in [1.82, 2.24) is 9.55 Å². The zero-order valence-corrected chi connectivity index (χ0v) is 47.4. The molecule has 8 aromatic carbocycles. The van der Waals surface area contributed by atoms with E-state index in [1.807, 2.05) is 128 Å². The van der Waals surface area contributed by atoms with Crippen molar-refractivity contribution in [3.05, 3.63) is 211 Å². The van der Waals surface area contributed by atoms with Gasteiger partial charge in [-0.15, -0.1) is 47.6 Å². The third kappa shape index (κ3) is 9.20. The number of pyridine rings is 1. The summed E-state index contributed by atoms with van der Waals surface area (Å²) in [5, 5.41) is 0.596. The predicted molar refractivity (Wildman–Crippen MR) is 318 cm³/mol. The SMILES string of the molecule is [2H]c1c([2H])c2c(c([2H])c1-c1cccc3c1N1[CH-]N(c4[c-]c(c(C([2H])([2H])C(C)C)cc4)Oc4[c-]c5c(cc4)c4c([2H])c([2H])c([2H])c([2H])c4n5-c4cc(C([2H])([2H])C(C)(C)C)c(cn4)-c4ccc(cc4)Oc4ccc-3cc4)c3ccccc31)C(C)(C)CCC2(C)C.[Pt]. The van der Waals surface area contributed by atoms with E-state index in [9.17, 15) is 12.3 Å². The average molecular weight is 1210 g/mol. The Morgan fingerprint density at radius 3 is 2.05 bits per heavy atom. The molecule has 6 nitrogen and oxygen atoms in total. The molecule has 0 fully saturated rings. The van der Waals surface area contributed by atoms with Crippen molar-refractivity contribution < 1.29 is 45.6 Å². The zero-order chi connectivity index (χ0) is 62.6. The molecule has 0 amide bonds. The molecule has 0 saturated heterocycles. The number of rotatable bonds is 4. The summed E-state index contributed by atoms with van der Waals surface area (Å²) in [4.78, 5) is 8.97. The zero-order valence-electron chi connectivity index (χ0n) is 56.1. The minimum atomic E-state index is -2.00. The quantitative estimate of drug-likeness (QED) is 0.164. The van der Waals surface area contributed by atoms with Crippen LogP contribution in [0.15, 0.2) is 170 Å². The van der Waals surface area contributed by atoms with E-state index in [-0.39, 0.29) is 96.1 Å². The Balaban J connectivity index is 0.00000769. The fourth-order valence-electron chi connectivity index (χ4n) is 11.1. The second-order valence-corrected chi connectivity index (χ2v) is 23.1. The number of aromatic nitrogens is 2. The second kappa shape index (κ2) is 19.5. The number of anilines is 4. The van der Waals surface area contributed by atoms with Crippen molar-refractivity contribution in [3.63, 3.8) is 0 Å². The van der Waals surface area contributed by atoms with Gasteiger partial charge in [0, 0.05) is 83.5 Å². The summed E-state index contributed by atoms with van der Waals surface area (Å²) >= 11 is 0. The fourth-order valence-corrected chi connectivity index (χ4v) is 11.1. The molecule has 7 heterocycles. The van der Waals surface area contributed by atoms with E-state index < -0.39 is 47.0 Å². The first-order valence-electron chi connectivity index (χ1n) is 31.9. The standard InChI is InChI=1S/C71H65N4O2.Pt/c1-45(2)37-49-21-27-51-40-66(49)77-54-32-33-58-57-15-10-11-18-62(57)75(65(58)41-54)67-39-50(42-69(3,4)5)59(43-72-67)47-24-30-53(31-25-47)76-52-28-22-46(23-29-52)55-16-14-17-56(68(55)74-44-73(51)63-19-12-13-20-64(63)74)48-26-34-60-61(38-48)71(8,9)36-35-70(60,6)7;/h10-34,38-39,43-45H,35-37,42H2,1-9H3;/q-3;/i10D,11D,15D,18D,26D,34D,37D2,38D,42D2;. The summed E-state index contributed by atoms with van der Waals surface area (Å²) in [5.41, 5.74) is 6.77. The molecule has 5 aliphatic heterocycles. The molecular weight excluding hydrogens is 1140 g/mol. The number of benzene rings is 8. The number of para-hydroxylation sites is 4.